The highest BCUT2D eigenvalue weighted by molar-refractivity contribution is 5.87. The Balaban J connectivity index is 1.61. The summed E-state index contributed by atoms with van der Waals surface area (Å²) in [7, 11) is 0. The molecule has 0 aliphatic carbocycles. The zero-order chi connectivity index (χ0) is 18.1. The second-order valence-corrected chi connectivity index (χ2v) is 6.25. The van der Waals surface area contributed by atoms with Crippen molar-refractivity contribution in [3.05, 3.63) is 54.5 Å². The molecule has 1 aromatic carbocycles. The molecule has 0 saturated carbocycles. The number of nitrogens with one attached hydrogen (secondary N) is 1. The SMILES string of the molecule is OCC1OC(n2ccc3c(NCc4ccccc4)ncnc32)C(O)C1O. The number of rotatable bonds is 5. The minimum absolute atomic E-state index is 0.368. The lowest BCUT2D eigenvalue weighted by Gasteiger charge is -2.17. The monoisotopic (exact) mass is 356 g/mol. The van der Waals surface area contributed by atoms with E-state index in [-0.39, 0.29) is 6.61 Å². The van der Waals surface area contributed by atoms with Gasteiger partial charge in [-0.3, -0.25) is 0 Å². The van der Waals surface area contributed by atoms with Gasteiger partial charge in [-0.2, -0.15) is 0 Å². The Bertz CT molecular complexity index is 885. The molecule has 1 aliphatic rings. The van der Waals surface area contributed by atoms with Crippen LogP contribution in [0.15, 0.2) is 48.9 Å². The first-order chi connectivity index (χ1) is 12.7. The number of aliphatic hydroxyl groups is 3. The number of anilines is 1. The molecule has 2 aromatic heterocycles. The Morgan fingerprint density at radius 3 is 2.62 bits per heavy atom. The summed E-state index contributed by atoms with van der Waals surface area (Å²) in [5, 5.41) is 33.5. The molecule has 8 heteroatoms. The third-order valence-electron chi connectivity index (χ3n) is 4.60. The van der Waals surface area contributed by atoms with Gasteiger partial charge in [0, 0.05) is 12.7 Å². The van der Waals surface area contributed by atoms with Gasteiger partial charge in [-0.15, -0.1) is 0 Å². The van der Waals surface area contributed by atoms with Crippen LogP contribution in [0.5, 0.6) is 0 Å². The van der Waals surface area contributed by atoms with Crippen LogP contribution in [-0.2, 0) is 11.3 Å². The fourth-order valence-electron chi connectivity index (χ4n) is 3.21. The maximum absolute atomic E-state index is 10.2. The number of fused-ring (bicyclic) bond motifs is 1. The van der Waals surface area contributed by atoms with Crippen LogP contribution in [0.4, 0.5) is 5.82 Å². The molecule has 0 spiro atoms. The molecule has 0 bridgehead atoms. The molecule has 4 N–H and O–H groups in total. The average molecular weight is 356 g/mol. The van der Waals surface area contributed by atoms with Crippen LogP contribution in [0.3, 0.4) is 0 Å². The Morgan fingerprint density at radius 2 is 1.88 bits per heavy atom. The first-order valence-electron chi connectivity index (χ1n) is 8.41. The topological polar surface area (TPSA) is 113 Å². The summed E-state index contributed by atoms with van der Waals surface area (Å²) in [6.45, 7) is 0.249. The van der Waals surface area contributed by atoms with Crippen molar-refractivity contribution in [3.8, 4) is 0 Å². The predicted molar refractivity (Wildman–Crippen MR) is 94.3 cm³/mol. The lowest BCUT2D eigenvalue weighted by atomic mass is 10.1. The van der Waals surface area contributed by atoms with Gasteiger partial charge in [0.05, 0.1) is 12.0 Å². The van der Waals surface area contributed by atoms with E-state index in [0.29, 0.717) is 18.0 Å². The van der Waals surface area contributed by atoms with E-state index in [1.54, 1.807) is 10.8 Å². The van der Waals surface area contributed by atoms with Crippen LogP contribution in [0.25, 0.3) is 11.0 Å². The molecule has 1 aliphatic heterocycles. The van der Waals surface area contributed by atoms with Crippen molar-refractivity contribution >= 4 is 16.9 Å². The smallest absolute Gasteiger partial charge is 0.164 e. The highest BCUT2D eigenvalue weighted by Crippen LogP contribution is 2.33. The number of aliphatic hydroxyl groups excluding tert-OH is 3. The molecule has 4 atom stereocenters. The van der Waals surface area contributed by atoms with Crippen molar-refractivity contribution in [2.24, 2.45) is 0 Å². The van der Waals surface area contributed by atoms with Crippen molar-refractivity contribution in [2.45, 2.75) is 31.1 Å². The van der Waals surface area contributed by atoms with E-state index in [9.17, 15) is 15.3 Å². The highest BCUT2D eigenvalue weighted by Gasteiger charge is 2.43. The van der Waals surface area contributed by atoms with Gasteiger partial charge in [0.2, 0.25) is 0 Å². The van der Waals surface area contributed by atoms with E-state index in [2.05, 4.69) is 15.3 Å². The predicted octanol–water partition coefficient (Wildman–Crippen LogP) is 0.655. The number of hydrogen-bond donors (Lipinski definition) is 4. The zero-order valence-electron chi connectivity index (χ0n) is 13.9. The maximum atomic E-state index is 10.2. The van der Waals surface area contributed by atoms with Crippen LogP contribution in [0.2, 0.25) is 0 Å². The summed E-state index contributed by atoms with van der Waals surface area (Å²) in [4.78, 5) is 8.59. The van der Waals surface area contributed by atoms with Gasteiger partial charge in [0.25, 0.3) is 0 Å². The van der Waals surface area contributed by atoms with Gasteiger partial charge in [0.15, 0.2) is 6.23 Å². The van der Waals surface area contributed by atoms with Crippen LogP contribution in [0, 0.1) is 0 Å². The Hall–Kier alpha value is -2.52. The number of nitrogens with zero attached hydrogens (tertiary/aromatic N) is 3. The molecule has 3 heterocycles. The lowest BCUT2D eigenvalue weighted by Crippen LogP contribution is -2.33. The van der Waals surface area contributed by atoms with Crippen molar-refractivity contribution in [1.29, 1.82) is 0 Å². The summed E-state index contributed by atoms with van der Waals surface area (Å²) in [6, 6.07) is 11.8. The van der Waals surface area contributed by atoms with Crippen molar-refractivity contribution < 1.29 is 20.1 Å². The summed E-state index contributed by atoms with van der Waals surface area (Å²) < 4.78 is 7.24. The van der Waals surface area contributed by atoms with Crippen LogP contribution < -0.4 is 5.32 Å². The molecule has 3 aromatic rings. The van der Waals surface area contributed by atoms with E-state index in [0.717, 1.165) is 10.9 Å². The quantitative estimate of drug-likeness (QED) is 0.531. The minimum atomic E-state index is -1.15. The molecular formula is C18H20N4O4. The number of benzene rings is 1. The number of ether oxygens (including phenoxy) is 1. The van der Waals surface area contributed by atoms with Crippen LogP contribution in [-0.4, -0.2) is 54.8 Å². The summed E-state index contributed by atoms with van der Waals surface area (Å²) in [6.07, 6.45) is -0.791. The highest BCUT2D eigenvalue weighted by atomic mass is 16.6. The number of aromatic nitrogens is 3. The average Bonchev–Trinajstić information content (AvgIpc) is 3.23. The normalized spacial score (nSPS) is 25.7. The van der Waals surface area contributed by atoms with Gasteiger partial charge < -0.3 is 29.9 Å². The molecule has 136 valence electrons. The van der Waals surface area contributed by atoms with E-state index < -0.39 is 24.5 Å². The molecule has 8 nitrogen and oxygen atoms in total. The molecule has 4 unspecified atom stereocenters. The first kappa shape index (κ1) is 16.9. The maximum Gasteiger partial charge on any atom is 0.164 e. The standard InChI is InChI=1S/C18H20N4O4/c23-9-13-14(24)15(25)18(26-13)22-7-6-12-16(20-10-21-17(12)22)19-8-11-4-2-1-3-5-11/h1-7,10,13-15,18,23-25H,8-9H2,(H,19,20,21). The Kier molecular flexibility index (Phi) is 4.56. The van der Waals surface area contributed by atoms with Crippen LogP contribution in [0.1, 0.15) is 11.8 Å². The molecule has 1 fully saturated rings. The molecule has 0 amide bonds. The second kappa shape index (κ2) is 7.00. The number of hydrogen-bond acceptors (Lipinski definition) is 7. The molecular weight excluding hydrogens is 336 g/mol. The van der Waals surface area contributed by atoms with Crippen molar-refractivity contribution in [2.75, 3.05) is 11.9 Å². The van der Waals surface area contributed by atoms with E-state index in [1.165, 1.54) is 6.33 Å². The summed E-state index contributed by atoms with van der Waals surface area (Å²) in [5.41, 5.74) is 1.70. The van der Waals surface area contributed by atoms with Crippen LogP contribution >= 0.6 is 0 Å². The lowest BCUT2D eigenvalue weighted by molar-refractivity contribution is -0.0508. The molecule has 4 rings (SSSR count). The van der Waals surface area contributed by atoms with E-state index >= 15 is 0 Å². The van der Waals surface area contributed by atoms with E-state index in [1.807, 2.05) is 36.4 Å². The zero-order valence-corrected chi connectivity index (χ0v) is 13.9. The second-order valence-electron chi connectivity index (χ2n) is 6.25. The third kappa shape index (κ3) is 2.93. The molecule has 26 heavy (non-hydrogen) atoms. The van der Waals surface area contributed by atoms with E-state index in [4.69, 9.17) is 4.74 Å². The first-order valence-corrected chi connectivity index (χ1v) is 8.41. The van der Waals surface area contributed by atoms with Gasteiger partial charge in [0.1, 0.15) is 36.1 Å². The molecule has 0 radical (unpaired) electrons. The van der Waals surface area contributed by atoms with Gasteiger partial charge >= 0.3 is 0 Å². The summed E-state index contributed by atoms with van der Waals surface area (Å²) in [5.74, 6) is 0.671. The summed E-state index contributed by atoms with van der Waals surface area (Å²) >= 11 is 0. The fourth-order valence-corrected chi connectivity index (χ4v) is 3.21. The Morgan fingerprint density at radius 1 is 1.08 bits per heavy atom. The Labute approximate surface area is 149 Å². The van der Waals surface area contributed by atoms with Crippen molar-refractivity contribution in [3.63, 3.8) is 0 Å². The van der Waals surface area contributed by atoms with Gasteiger partial charge in [-0.05, 0) is 11.6 Å². The largest absolute Gasteiger partial charge is 0.394 e. The fraction of sp³-hybridized carbons (Fsp3) is 0.333. The third-order valence-corrected chi connectivity index (χ3v) is 4.60. The van der Waals surface area contributed by atoms with Gasteiger partial charge in [-0.25, -0.2) is 9.97 Å². The molecule has 1 saturated heterocycles. The van der Waals surface area contributed by atoms with Crippen molar-refractivity contribution in [1.82, 2.24) is 14.5 Å². The van der Waals surface area contributed by atoms with Gasteiger partial charge in [-0.1, -0.05) is 30.3 Å². The minimum Gasteiger partial charge on any atom is -0.394 e.